The number of unbranched alkanes of at least 4 members (excludes halogenated alkanes) is 2. The minimum absolute atomic E-state index is 0.0778. The van der Waals surface area contributed by atoms with Crippen LogP contribution in [-0.4, -0.2) is 9.55 Å². The maximum Gasteiger partial charge on any atom is 0.270 e. The normalized spacial score (nSPS) is 11.9. The number of aromatic nitrogens is 2. The van der Waals surface area contributed by atoms with Gasteiger partial charge in [0, 0.05) is 25.5 Å². The van der Waals surface area contributed by atoms with E-state index in [0.29, 0.717) is 12.1 Å². The van der Waals surface area contributed by atoms with Gasteiger partial charge in [0.25, 0.3) is 5.92 Å². The number of nitrogens with zero attached hydrogens (tertiary/aromatic N) is 2. The van der Waals surface area contributed by atoms with Gasteiger partial charge >= 0.3 is 0 Å². The predicted molar refractivity (Wildman–Crippen MR) is 108 cm³/mol. The van der Waals surface area contributed by atoms with Crippen LogP contribution in [0.4, 0.5) is 8.78 Å². The van der Waals surface area contributed by atoms with E-state index in [-0.39, 0.29) is 5.56 Å². The van der Waals surface area contributed by atoms with E-state index in [1.807, 2.05) is 24.3 Å². The fourth-order valence-electron chi connectivity index (χ4n) is 3.48. The van der Waals surface area contributed by atoms with Crippen molar-refractivity contribution in [3.63, 3.8) is 0 Å². The average Bonchev–Trinajstić information content (AvgIpc) is 2.98. The second-order valence-electron chi connectivity index (χ2n) is 7.07. The van der Waals surface area contributed by atoms with E-state index in [1.165, 1.54) is 6.07 Å². The van der Waals surface area contributed by atoms with Crippen LogP contribution in [-0.2, 0) is 18.9 Å². The van der Waals surface area contributed by atoms with Gasteiger partial charge < -0.3 is 4.57 Å². The number of halogens is 2. The quantitative estimate of drug-likeness (QED) is 0.411. The Morgan fingerprint density at radius 1 is 1.15 bits per heavy atom. The summed E-state index contributed by atoms with van der Waals surface area (Å²) in [6.07, 6.45) is 5.94. The maximum atomic E-state index is 14.1. The topological polar surface area (TPSA) is 17.8 Å². The summed E-state index contributed by atoms with van der Waals surface area (Å²) in [5.41, 5.74) is 3.58. The third-order valence-corrected chi connectivity index (χ3v) is 4.91. The monoisotopic (exact) mass is 368 g/mol. The minimum Gasteiger partial charge on any atom is -0.323 e. The number of hydrogen-bond donors (Lipinski definition) is 0. The summed E-state index contributed by atoms with van der Waals surface area (Å²) in [7, 11) is 0. The molecule has 2 aromatic carbocycles. The number of hydrogen-bond acceptors (Lipinski definition) is 1. The highest BCUT2D eigenvalue weighted by molar-refractivity contribution is 5.79. The van der Waals surface area contributed by atoms with E-state index < -0.39 is 5.92 Å². The van der Waals surface area contributed by atoms with Gasteiger partial charge in [-0.2, -0.15) is 0 Å². The molecule has 0 aliphatic carbocycles. The van der Waals surface area contributed by atoms with Gasteiger partial charge in [0.05, 0.1) is 11.0 Å². The Bertz CT molecular complexity index is 935. The number of fused-ring (bicyclic) bond motifs is 1. The zero-order valence-corrected chi connectivity index (χ0v) is 16.0. The number of rotatable bonds is 8. The molecule has 27 heavy (non-hydrogen) atoms. The van der Waals surface area contributed by atoms with E-state index in [9.17, 15) is 8.78 Å². The highest BCUT2D eigenvalue weighted by Gasteiger charge is 2.27. The lowest BCUT2D eigenvalue weighted by Crippen LogP contribution is -2.14. The molecule has 2 nitrogen and oxygen atoms in total. The van der Waals surface area contributed by atoms with Gasteiger partial charge in [-0.1, -0.05) is 62.8 Å². The molecule has 0 aliphatic heterocycles. The van der Waals surface area contributed by atoms with E-state index in [4.69, 9.17) is 4.98 Å². The zero-order valence-electron chi connectivity index (χ0n) is 16.0. The number of aryl methyl sites for hydroxylation is 1. The van der Waals surface area contributed by atoms with Crippen molar-refractivity contribution in [1.82, 2.24) is 9.55 Å². The lowest BCUT2D eigenvalue weighted by molar-refractivity contribution is 0.0164. The minimum atomic E-state index is -2.87. The van der Waals surface area contributed by atoms with Crippen LogP contribution in [0.15, 0.2) is 49.0 Å². The molecule has 0 unspecified atom stereocenters. The SMILES string of the molecule is C=Cc1ccc2c(c1)nc(CCCCC)n2Cc1ccccc1C(C)(F)F. The smallest absolute Gasteiger partial charge is 0.270 e. The molecular weight excluding hydrogens is 342 g/mol. The molecule has 4 heteroatoms. The van der Waals surface area contributed by atoms with Crippen molar-refractivity contribution in [3.05, 3.63) is 71.6 Å². The third kappa shape index (κ3) is 4.26. The van der Waals surface area contributed by atoms with E-state index >= 15 is 0 Å². The molecule has 0 aliphatic rings. The van der Waals surface area contributed by atoms with Gasteiger partial charge in [0.2, 0.25) is 0 Å². The summed E-state index contributed by atoms with van der Waals surface area (Å²) < 4.78 is 30.2. The highest BCUT2D eigenvalue weighted by atomic mass is 19.3. The van der Waals surface area contributed by atoms with Crippen LogP contribution < -0.4 is 0 Å². The molecule has 0 atom stereocenters. The first kappa shape index (κ1) is 19.3. The maximum absolute atomic E-state index is 14.1. The molecule has 3 aromatic rings. The fraction of sp³-hybridized carbons (Fsp3) is 0.348. The molecule has 3 rings (SSSR count). The van der Waals surface area contributed by atoms with Crippen LogP contribution >= 0.6 is 0 Å². The summed E-state index contributed by atoms with van der Waals surface area (Å²) >= 11 is 0. The van der Waals surface area contributed by atoms with Crippen molar-refractivity contribution in [2.45, 2.75) is 52.0 Å². The molecule has 0 bridgehead atoms. The van der Waals surface area contributed by atoms with Crippen LogP contribution in [0.25, 0.3) is 17.1 Å². The lowest BCUT2D eigenvalue weighted by atomic mass is 10.0. The van der Waals surface area contributed by atoms with Gasteiger partial charge in [-0.25, -0.2) is 13.8 Å². The summed E-state index contributed by atoms with van der Waals surface area (Å²) in [5.74, 6) is -1.92. The Balaban J connectivity index is 2.06. The van der Waals surface area contributed by atoms with Crippen LogP contribution in [0.1, 0.15) is 55.6 Å². The molecule has 1 heterocycles. The first-order valence-electron chi connectivity index (χ1n) is 9.52. The standard InChI is InChI=1S/C23H26F2N2/c1-4-6-7-12-22-26-20-15-17(5-2)13-14-21(20)27(22)16-18-10-8-9-11-19(18)23(3,24)25/h5,8-11,13-15H,2,4,6-7,12,16H2,1,3H3. The van der Waals surface area contributed by atoms with Gasteiger partial charge in [-0.3, -0.25) is 0 Å². The first-order valence-corrected chi connectivity index (χ1v) is 9.52. The molecule has 0 amide bonds. The molecule has 0 saturated heterocycles. The van der Waals surface area contributed by atoms with Crippen molar-refractivity contribution in [1.29, 1.82) is 0 Å². The summed E-state index contributed by atoms with van der Waals surface area (Å²) in [4.78, 5) is 4.81. The van der Waals surface area contributed by atoms with Crippen molar-refractivity contribution in [3.8, 4) is 0 Å². The van der Waals surface area contributed by atoms with Crippen molar-refractivity contribution in [2.24, 2.45) is 0 Å². The van der Waals surface area contributed by atoms with E-state index in [2.05, 4.69) is 18.1 Å². The number of imidazole rings is 1. The van der Waals surface area contributed by atoms with E-state index in [0.717, 1.165) is 55.0 Å². The van der Waals surface area contributed by atoms with Crippen LogP contribution in [0.5, 0.6) is 0 Å². The van der Waals surface area contributed by atoms with Gasteiger partial charge in [0.15, 0.2) is 0 Å². The fourth-order valence-corrected chi connectivity index (χ4v) is 3.48. The number of alkyl halides is 2. The van der Waals surface area contributed by atoms with E-state index in [1.54, 1.807) is 18.2 Å². The molecule has 142 valence electrons. The average molecular weight is 368 g/mol. The van der Waals surface area contributed by atoms with Gasteiger partial charge in [0.1, 0.15) is 5.82 Å². The largest absolute Gasteiger partial charge is 0.323 e. The Kier molecular flexibility index (Phi) is 5.73. The van der Waals surface area contributed by atoms with Gasteiger partial charge in [-0.15, -0.1) is 0 Å². The van der Waals surface area contributed by atoms with Crippen LogP contribution in [0, 0.1) is 0 Å². The third-order valence-electron chi connectivity index (χ3n) is 4.91. The first-order chi connectivity index (χ1) is 12.9. The van der Waals surface area contributed by atoms with Crippen LogP contribution in [0.3, 0.4) is 0 Å². The summed E-state index contributed by atoms with van der Waals surface area (Å²) in [6.45, 7) is 7.33. The second kappa shape index (κ2) is 8.03. The lowest BCUT2D eigenvalue weighted by Gasteiger charge is -2.17. The van der Waals surface area contributed by atoms with Crippen LogP contribution in [0.2, 0.25) is 0 Å². The molecular formula is C23H26F2N2. The number of benzene rings is 2. The van der Waals surface area contributed by atoms with Crippen molar-refractivity contribution < 1.29 is 8.78 Å². The molecule has 0 fully saturated rings. The Morgan fingerprint density at radius 2 is 1.93 bits per heavy atom. The van der Waals surface area contributed by atoms with Gasteiger partial charge in [-0.05, 0) is 29.7 Å². The Morgan fingerprint density at radius 3 is 2.63 bits per heavy atom. The van der Waals surface area contributed by atoms with Crippen molar-refractivity contribution in [2.75, 3.05) is 0 Å². The summed E-state index contributed by atoms with van der Waals surface area (Å²) in [5, 5.41) is 0. The molecule has 0 saturated carbocycles. The Labute approximate surface area is 159 Å². The molecule has 0 radical (unpaired) electrons. The zero-order chi connectivity index (χ0) is 19.4. The molecule has 1 aromatic heterocycles. The predicted octanol–water partition coefficient (Wildman–Crippen LogP) is 6.57. The highest BCUT2D eigenvalue weighted by Crippen LogP contribution is 2.31. The van der Waals surface area contributed by atoms with Crippen molar-refractivity contribution >= 4 is 17.1 Å². The molecule has 0 N–H and O–H groups in total. The molecule has 0 spiro atoms. The summed E-state index contributed by atoms with van der Waals surface area (Å²) in [6, 6.07) is 12.8. The second-order valence-corrected chi connectivity index (χ2v) is 7.07. The Hall–Kier alpha value is -2.49.